The molecule has 1 aromatic carbocycles. The molecule has 0 spiro atoms. The summed E-state index contributed by atoms with van der Waals surface area (Å²) in [5, 5.41) is 0. The van der Waals surface area contributed by atoms with Gasteiger partial charge < -0.3 is 10.6 Å². The van der Waals surface area contributed by atoms with E-state index in [1.165, 1.54) is 0 Å². The maximum Gasteiger partial charge on any atom is 0.121 e. The maximum atomic E-state index is 5.51. The summed E-state index contributed by atoms with van der Waals surface area (Å²) in [5.41, 5.74) is 6.65. The zero-order valence-corrected chi connectivity index (χ0v) is 7.22. The van der Waals surface area contributed by atoms with Crippen LogP contribution in [0.5, 0.6) is 0 Å². The SMILES string of the molecule is NC1=NCN(c2ccccc2)C=C1. The minimum absolute atomic E-state index is 0.590. The number of anilines is 1. The van der Waals surface area contributed by atoms with E-state index in [1.54, 1.807) is 6.08 Å². The molecule has 0 amide bonds. The van der Waals surface area contributed by atoms with Crippen LogP contribution < -0.4 is 10.6 Å². The Morgan fingerprint density at radius 1 is 1.23 bits per heavy atom. The topological polar surface area (TPSA) is 41.6 Å². The standard InChI is InChI=1S/C10H11N3/c11-10-6-7-13(8-12-10)9-4-2-1-3-5-9/h1-7H,8H2,(H2,11,12). The average molecular weight is 173 g/mol. The van der Waals surface area contributed by atoms with Crippen molar-refractivity contribution >= 4 is 11.5 Å². The first kappa shape index (κ1) is 7.86. The van der Waals surface area contributed by atoms with Gasteiger partial charge in [-0.1, -0.05) is 18.2 Å². The monoisotopic (exact) mass is 173 g/mol. The molecule has 0 aliphatic carbocycles. The molecule has 0 aromatic heterocycles. The molecule has 1 aliphatic rings. The third-order valence-electron chi connectivity index (χ3n) is 1.92. The lowest BCUT2D eigenvalue weighted by atomic mass is 10.3. The summed E-state index contributed by atoms with van der Waals surface area (Å²) in [6, 6.07) is 10.1. The molecule has 2 N–H and O–H groups in total. The van der Waals surface area contributed by atoms with Crippen LogP contribution in [-0.4, -0.2) is 12.5 Å². The third kappa shape index (κ3) is 1.69. The lowest BCUT2D eigenvalue weighted by Gasteiger charge is -2.20. The summed E-state index contributed by atoms with van der Waals surface area (Å²) < 4.78 is 0. The molecule has 0 bridgehead atoms. The minimum atomic E-state index is 0.590. The van der Waals surface area contributed by atoms with E-state index in [1.807, 2.05) is 41.4 Å². The second-order valence-electron chi connectivity index (χ2n) is 2.85. The molecule has 3 nitrogen and oxygen atoms in total. The highest BCUT2D eigenvalue weighted by atomic mass is 15.2. The van der Waals surface area contributed by atoms with E-state index in [2.05, 4.69) is 4.99 Å². The van der Waals surface area contributed by atoms with E-state index in [4.69, 9.17) is 5.73 Å². The first-order chi connectivity index (χ1) is 6.36. The summed E-state index contributed by atoms with van der Waals surface area (Å²) in [5.74, 6) is 0.590. The predicted octanol–water partition coefficient (Wildman–Crippen LogP) is 1.33. The highest BCUT2D eigenvalue weighted by Gasteiger charge is 2.04. The van der Waals surface area contributed by atoms with Gasteiger partial charge >= 0.3 is 0 Å². The van der Waals surface area contributed by atoms with Crippen molar-refractivity contribution in [1.82, 2.24) is 0 Å². The molecule has 1 heterocycles. The molecular formula is C10H11N3. The van der Waals surface area contributed by atoms with Gasteiger partial charge in [-0.2, -0.15) is 0 Å². The largest absolute Gasteiger partial charge is 0.384 e. The molecule has 0 saturated heterocycles. The second-order valence-corrected chi connectivity index (χ2v) is 2.85. The van der Waals surface area contributed by atoms with Gasteiger partial charge in [-0.3, -0.25) is 0 Å². The van der Waals surface area contributed by atoms with Gasteiger partial charge in [0.2, 0.25) is 0 Å². The second kappa shape index (κ2) is 3.31. The summed E-state index contributed by atoms with van der Waals surface area (Å²) >= 11 is 0. The van der Waals surface area contributed by atoms with E-state index in [0.717, 1.165) is 5.69 Å². The Bertz CT molecular complexity index is 340. The maximum absolute atomic E-state index is 5.51. The lowest BCUT2D eigenvalue weighted by Crippen LogP contribution is -2.24. The van der Waals surface area contributed by atoms with Gasteiger partial charge in [-0.25, -0.2) is 4.99 Å². The molecule has 0 saturated carbocycles. The number of aliphatic imine (C=N–C) groups is 1. The fourth-order valence-corrected chi connectivity index (χ4v) is 1.21. The highest BCUT2D eigenvalue weighted by Crippen LogP contribution is 2.14. The molecule has 0 unspecified atom stereocenters. The van der Waals surface area contributed by atoms with Crippen molar-refractivity contribution in [2.45, 2.75) is 0 Å². The smallest absolute Gasteiger partial charge is 0.121 e. The number of amidine groups is 1. The average Bonchev–Trinajstić information content (AvgIpc) is 2.20. The van der Waals surface area contributed by atoms with Gasteiger partial charge in [0.05, 0.1) is 0 Å². The van der Waals surface area contributed by atoms with Gasteiger partial charge in [0.15, 0.2) is 0 Å². The van der Waals surface area contributed by atoms with Crippen LogP contribution in [0.1, 0.15) is 0 Å². The van der Waals surface area contributed by atoms with Gasteiger partial charge in [0.1, 0.15) is 12.5 Å². The van der Waals surface area contributed by atoms with E-state index in [0.29, 0.717) is 12.5 Å². The Morgan fingerprint density at radius 3 is 2.62 bits per heavy atom. The molecule has 1 aliphatic heterocycles. The number of nitrogens with two attached hydrogens (primary N) is 1. The number of hydrogen-bond donors (Lipinski definition) is 1. The molecule has 0 radical (unpaired) electrons. The summed E-state index contributed by atoms with van der Waals surface area (Å²) in [6.45, 7) is 0.604. The van der Waals surface area contributed by atoms with E-state index in [-0.39, 0.29) is 0 Å². The number of rotatable bonds is 1. The Morgan fingerprint density at radius 2 is 2.00 bits per heavy atom. The fraction of sp³-hybridized carbons (Fsp3) is 0.100. The first-order valence-corrected chi connectivity index (χ1v) is 4.16. The quantitative estimate of drug-likeness (QED) is 0.696. The van der Waals surface area contributed by atoms with Crippen LogP contribution in [0.4, 0.5) is 5.69 Å². The zero-order chi connectivity index (χ0) is 9.10. The highest BCUT2D eigenvalue weighted by molar-refractivity contribution is 5.92. The minimum Gasteiger partial charge on any atom is -0.384 e. The van der Waals surface area contributed by atoms with Crippen LogP contribution in [0.3, 0.4) is 0 Å². The van der Waals surface area contributed by atoms with Crippen LogP contribution in [0.2, 0.25) is 0 Å². The first-order valence-electron chi connectivity index (χ1n) is 4.16. The molecule has 0 atom stereocenters. The number of hydrogen-bond acceptors (Lipinski definition) is 3. The van der Waals surface area contributed by atoms with Crippen molar-refractivity contribution in [3.63, 3.8) is 0 Å². The Hall–Kier alpha value is -1.77. The number of para-hydroxylation sites is 1. The number of benzene rings is 1. The van der Waals surface area contributed by atoms with Crippen LogP contribution in [0.25, 0.3) is 0 Å². The molecule has 66 valence electrons. The molecule has 13 heavy (non-hydrogen) atoms. The van der Waals surface area contributed by atoms with Gasteiger partial charge in [0, 0.05) is 11.9 Å². The molecular weight excluding hydrogens is 162 g/mol. The molecule has 3 heteroatoms. The number of nitrogens with zero attached hydrogens (tertiary/aromatic N) is 2. The van der Waals surface area contributed by atoms with Gasteiger partial charge in [0.25, 0.3) is 0 Å². The normalized spacial score (nSPS) is 15.7. The molecule has 2 rings (SSSR count). The van der Waals surface area contributed by atoms with E-state index >= 15 is 0 Å². The zero-order valence-electron chi connectivity index (χ0n) is 7.22. The Labute approximate surface area is 77.2 Å². The van der Waals surface area contributed by atoms with Crippen LogP contribution >= 0.6 is 0 Å². The van der Waals surface area contributed by atoms with Gasteiger partial charge in [-0.05, 0) is 18.2 Å². The van der Waals surface area contributed by atoms with E-state index in [9.17, 15) is 0 Å². The van der Waals surface area contributed by atoms with Crippen molar-refractivity contribution in [3.8, 4) is 0 Å². The van der Waals surface area contributed by atoms with E-state index < -0.39 is 0 Å². The van der Waals surface area contributed by atoms with Crippen LogP contribution in [-0.2, 0) is 0 Å². The van der Waals surface area contributed by atoms with Crippen LogP contribution in [0.15, 0.2) is 47.6 Å². The molecule has 1 aromatic rings. The summed E-state index contributed by atoms with van der Waals surface area (Å²) in [4.78, 5) is 6.16. The van der Waals surface area contributed by atoms with Crippen molar-refractivity contribution in [2.75, 3.05) is 11.6 Å². The van der Waals surface area contributed by atoms with Crippen molar-refractivity contribution in [1.29, 1.82) is 0 Å². The van der Waals surface area contributed by atoms with Crippen molar-refractivity contribution in [2.24, 2.45) is 10.7 Å². The van der Waals surface area contributed by atoms with Crippen LogP contribution in [0, 0.1) is 0 Å². The third-order valence-corrected chi connectivity index (χ3v) is 1.92. The summed E-state index contributed by atoms with van der Waals surface area (Å²) in [7, 11) is 0. The lowest BCUT2D eigenvalue weighted by molar-refractivity contribution is 0.960. The fourth-order valence-electron chi connectivity index (χ4n) is 1.21. The van der Waals surface area contributed by atoms with Gasteiger partial charge in [-0.15, -0.1) is 0 Å². The Kier molecular flexibility index (Phi) is 2.00. The Balaban J connectivity index is 2.18. The van der Waals surface area contributed by atoms with Crippen molar-refractivity contribution in [3.05, 3.63) is 42.6 Å². The summed E-state index contributed by atoms with van der Waals surface area (Å²) in [6.07, 6.45) is 3.74. The molecule has 0 fully saturated rings. The van der Waals surface area contributed by atoms with Crippen molar-refractivity contribution < 1.29 is 0 Å². The predicted molar refractivity (Wildman–Crippen MR) is 54.6 cm³/mol.